The Morgan fingerprint density at radius 3 is 1.38 bits per heavy atom. The van der Waals surface area contributed by atoms with E-state index in [4.69, 9.17) is 0 Å². The predicted octanol–water partition coefficient (Wildman–Crippen LogP) is 7.15. The van der Waals surface area contributed by atoms with E-state index in [0.29, 0.717) is 0 Å². The molecule has 0 aromatic heterocycles. The highest BCUT2D eigenvalue weighted by Gasteiger charge is 2.02. The van der Waals surface area contributed by atoms with Gasteiger partial charge in [0.2, 0.25) is 0 Å². The van der Waals surface area contributed by atoms with Crippen molar-refractivity contribution in [3.8, 4) is 22.3 Å². The summed E-state index contributed by atoms with van der Waals surface area (Å²) in [7, 11) is 0. The molecule has 0 radical (unpaired) electrons. The summed E-state index contributed by atoms with van der Waals surface area (Å²) < 4.78 is 3.41. The van der Waals surface area contributed by atoms with E-state index in [0.717, 1.165) is 8.95 Å². The molecule has 3 heteroatoms. The van der Waals surface area contributed by atoms with Crippen LogP contribution in [0.1, 0.15) is 0 Å². The molecule has 0 aliphatic carbocycles. The molecule has 0 unspecified atom stereocenters. The molecule has 21 heavy (non-hydrogen) atoms. The highest BCUT2D eigenvalue weighted by molar-refractivity contribution is 14.1. The monoisotopic (exact) mass is 512 g/mol. The Labute approximate surface area is 155 Å². The van der Waals surface area contributed by atoms with Gasteiger partial charge in [-0.15, -0.1) is 0 Å². The van der Waals surface area contributed by atoms with Gasteiger partial charge >= 0.3 is 0 Å². The van der Waals surface area contributed by atoms with Crippen LogP contribution >= 0.6 is 54.5 Å². The SMILES string of the molecule is Brc1cc(Br)cc(-c2ccc(-c3ccc(I)cc3)cc2)c1. The highest BCUT2D eigenvalue weighted by atomic mass is 127. The van der Waals surface area contributed by atoms with Crippen LogP contribution in [0.15, 0.2) is 75.7 Å². The first-order chi connectivity index (χ1) is 10.1. The van der Waals surface area contributed by atoms with Crippen LogP contribution in [-0.2, 0) is 0 Å². The lowest BCUT2D eigenvalue weighted by molar-refractivity contribution is 1.55. The summed E-state index contributed by atoms with van der Waals surface area (Å²) in [5.74, 6) is 0. The van der Waals surface area contributed by atoms with E-state index < -0.39 is 0 Å². The summed E-state index contributed by atoms with van der Waals surface area (Å²) in [5.41, 5.74) is 4.90. The van der Waals surface area contributed by atoms with Crippen molar-refractivity contribution in [2.75, 3.05) is 0 Å². The van der Waals surface area contributed by atoms with E-state index >= 15 is 0 Å². The Bertz CT molecular complexity index is 742. The average molecular weight is 514 g/mol. The summed E-state index contributed by atoms with van der Waals surface area (Å²) in [4.78, 5) is 0. The molecule has 104 valence electrons. The molecular weight excluding hydrogens is 503 g/mol. The van der Waals surface area contributed by atoms with Gasteiger partial charge < -0.3 is 0 Å². The van der Waals surface area contributed by atoms with Crippen LogP contribution in [0.3, 0.4) is 0 Å². The maximum Gasteiger partial charge on any atom is 0.0192 e. The van der Waals surface area contributed by atoms with E-state index in [2.05, 4.69) is 115 Å². The van der Waals surface area contributed by atoms with E-state index in [9.17, 15) is 0 Å². The van der Waals surface area contributed by atoms with Crippen molar-refractivity contribution in [2.24, 2.45) is 0 Å². The lowest BCUT2D eigenvalue weighted by Gasteiger charge is -2.06. The van der Waals surface area contributed by atoms with Crippen LogP contribution in [0.4, 0.5) is 0 Å². The van der Waals surface area contributed by atoms with Crippen LogP contribution in [-0.4, -0.2) is 0 Å². The Balaban J connectivity index is 1.95. The van der Waals surface area contributed by atoms with Crippen LogP contribution < -0.4 is 0 Å². The van der Waals surface area contributed by atoms with Crippen molar-refractivity contribution in [2.45, 2.75) is 0 Å². The van der Waals surface area contributed by atoms with Crippen molar-refractivity contribution in [1.82, 2.24) is 0 Å². The van der Waals surface area contributed by atoms with E-state index in [1.54, 1.807) is 0 Å². The second-order valence-corrected chi connectivity index (χ2v) is 7.82. The van der Waals surface area contributed by atoms with Gasteiger partial charge in [0.05, 0.1) is 0 Å². The topological polar surface area (TPSA) is 0 Å². The van der Waals surface area contributed by atoms with Crippen LogP contribution in [0.2, 0.25) is 0 Å². The molecule has 0 nitrogen and oxygen atoms in total. The van der Waals surface area contributed by atoms with Gasteiger partial charge in [-0.1, -0.05) is 68.3 Å². The third kappa shape index (κ3) is 3.76. The molecule has 3 rings (SSSR count). The number of halogens is 3. The zero-order chi connectivity index (χ0) is 14.8. The lowest BCUT2D eigenvalue weighted by atomic mass is 10.0. The van der Waals surface area contributed by atoms with Crippen molar-refractivity contribution in [3.05, 3.63) is 79.2 Å². The second-order valence-electron chi connectivity index (χ2n) is 4.74. The Hall–Kier alpha value is -0.650. The van der Waals surface area contributed by atoms with Crippen LogP contribution in [0.25, 0.3) is 22.3 Å². The molecule has 0 aliphatic heterocycles. The molecule has 0 heterocycles. The molecule has 3 aromatic carbocycles. The molecule has 0 saturated carbocycles. The quantitative estimate of drug-likeness (QED) is 0.319. The fraction of sp³-hybridized carbons (Fsp3) is 0. The Morgan fingerprint density at radius 1 is 0.524 bits per heavy atom. The van der Waals surface area contributed by atoms with Crippen molar-refractivity contribution >= 4 is 54.5 Å². The first-order valence-electron chi connectivity index (χ1n) is 6.44. The molecule has 0 saturated heterocycles. The average Bonchev–Trinajstić information content (AvgIpc) is 2.47. The largest absolute Gasteiger partial charge is 0.0538 e. The Morgan fingerprint density at radius 2 is 0.905 bits per heavy atom. The summed E-state index contributed by atoms with van der Waals surface area (Å²) in [5, 5.41) is 0. The molecule has 0 atom stereocenters. The molecule has 0 N–H and O–H groups in total. The van der Waals surface area contributed by atoms with Crippen molar-refractivity contribution < 1.29 is 0 Å². The van der Waals surface area contributed by atoms with Gasteiger partial charge in [0.25, 0.3) is 0 Å². The third-order valence-corrected chi connectivity index (χ3v) is 4.89. The van der Waals surface area contributed by atoms with Crippen LogP contribution in [0.5, 0.6) is 0 Å². The van der Waals surface area contributed by atoms with Gasteiger partial charge in [-0.25, -0.2) is 0 Å². The van der Waals surface area contributed by atoms with E-state index in [1.807, 2.05) is 6.07 Å². The fourth-order valence-electron chi connectivity index (χ4n) is 2.22. The second kappa shape index (κ2) is 6.63. The third-order valence-electron chi connectivity index (χ3n) is 3.26. The molecule has 0 aliphatic rings. The molecule has 0 amide bonds. The highest BCUT2D eigenvalue weighted by Crippen LogP contribution is 2.29. The lowest BCUT2D eigenvalue weighted by Crippen LogP contribution is -1.81. The first kappa shape index (κ1) is 15.3. The number of rotatable bonds is 2. The van der Waals surface area contributed by atoms with Gasteiger partial charge in [0, 0.05) is 12.5 Å². The zero-order valence-electron chi connectivity index (χ0n) is 11.0. The Kier molecular flexibility index (Phi) is 4.82. The molecule has 0 spiro atoms. The van der Waals surface area contributed by atoms with E-state index in [1.165, 1.54) is 25.8 Å². The number of benzene rings is 3. The summed E-state index contributed by atoms with van der Waals surface area (Å²) >= 11 is 9.40. The summed E-state index contributed by atoms with van der Waals surface area (Å²) in [6, 6.07) is 23.6. The minimum Gasteiger partial charge on any atom is -0.0538 e. The normalized spacial score (nSPS) is 10.6. The molecular formula is C18H11Br2I. The van der Waals surface area contributed by atoms with Crippen LogP contribution in [0, 0.1) is 3.57 Å². The van der Waals surface area contributed by atoms with E-state index in [-0.39, 0.29) is 0 Å². The summed E-state index contributed by atoms with van der Waals surface area (Å²) in [6.07, 6.45) is 0. The van der Waals surface area contributed by atoms with Gasteiger partial charge in [-0.2, -0.15) is 0 Å². The maximum atomic E-state index is 3.54. The summed E-state index contributed by atoms with van der Waals surface area (Å²) in [6.45, 7) is 0. The minimum atomic E-state index is 1.08. The van der Waals surface area contributed by atoms with Crippen molar-refractivity contribution in [3.63, 3.8) is 0 Å². The smallest absolute Gasteiger partial charge is 0.0192 e. The zero-order valence-corrected chi connectivity index (χ0v) is 16.3. The molecule has 0 bridgehead atoms. The first-order valence-corrected chi connectivity index (χ1v) is 9.11. The number of hydrogen-bond donors (Lipinski definition) is 0. The predicted molar refractivity (Wildman–Crippen MR) is 105 cm³/mol. The number of hydrogen-bond acceptors (Lipinski definition) is 0. The fourth-order valence-corrected chi connectivity index (χ4v) is 3.87. The standard InChI is InChI=1S/C18H11Br2I/c19-16-9-15(10-17(20)11-16)14-3-1-12(2-4-14)13-5-7-18(21)8-6-13/h1-11H. The van der Waals surface area contributed by atoms with Crippen molar-refractivity contribution in [1.29, 1.82) is 0 Å². The molecule has 3 aromatic rings. The van der Waals surface area contributed by atoms with Gasteiger partial charge in [0.15, 0.2) is 0 Å². The van der Waals surface area contributed by atoms with Gasteiger partial charge in [0.1, 0.15) is 0 Å². The van der Waals surface area contributed by atoms with Gasteiger partial charge in [-0.3, -0.25) is 0 Å². The minimum absolute atomic E-state index is 1.08. The molecule has 0 fully saturated rings. The maximum absolute atomic E-state index is 3.54. The van der Waals surface area contributed by atoms with Gasteiger partial charge in [-0.05, 0) is 75.2 Å².